The average molecular weight is 447 g/mol. The molecule has 1 aliphatic carbocycles. The predicted molar refractivity (Wildman–Crippen MR) is 130 cm³/mol. The number of hydrogen-bond donors (Lipinski definition) is 2. The van der Waals surface area contributed by atoms with Crippen LogP contribution in [-0.2, 0) is 22.2 Å². The van der Waals surface area contributed by atoms with Gasteiger partial charge in [-0.15, -0.1) is 0 Å². The first-order valence-electron chi connectivity index (χ1n) is 11.4. The third-order valence-corrected chi connectivity index (χ3v) is 6.62. The number of amides is 1. The second-order valence-corrected chi connectivity index (χ2v) is 9.93. The Kier molecular flexibility index (Phi) is 5.07. The van der Waals surface area contributed by atoms with Gasteiger partial charge in [0, 0.05) is 46.9 Å². The van der Waals surface area contributed by atoms with E-state index in [1.165, 1.54) is 5.69 Å². The van der Waals surface area contributed by atoms with Gasteiger partial charge in [0.1, 0.15) is 0 Å². The number of carbonyl (C=O) groups excluding carboxylic acids is 1. The van der Waals surface area contributed by atoms with Crippen LogP contribution in [0.15, 0.2) is 47.6 Å². The van der Waals surface area contributed by atoms with Gasteiger partial charge in [0.2, 0.25) is 12.7 Å². The van der Waals surface area contributed by atoms with Gasteiger partial charge in [0.25, 0.3) is 0 Å². The lowest BCUT2D eigenvalue weighted by molar-refractivity contribution is -0.118. The zero-order chi connectivity index (χ0) is 23.2. The van der Waals surface area contributed by atoms with Crippen LogP contribution >= 0.6 is 0 Å². The molecule has 33 heavy (non-hydrogen) atoms. The molecule has 1 aromatic heterocycles. The Morgan fingerprint density at radius 1 is 1.15 bits per heavy atom. The molecule has 0 unspecified atom stereocenters. The van der Waals surface area contributed by atoms with Crippen LogP contribution in [0.5, 0.6) is 11.5 Å². The summed E-state index contributed by atoms with van der Waals surface area (Å²) in [6.45, 7) is 7.65. The van der Waals surface area contributed by atoms with Crippen LogP contribution in [-0.4, -0.2) is 23.5 Å². The predicted octanol–water partition coefficient (Wildman–Crippen LogP) is 4.67. The van der Waals surface area contributed by atoms with Crippen LogP contribution in [0.4, 0.5) is 5.69 Å². The first-order valence-corrected chi connectivity index (χ1v) is 11.4. The zero-order valence-electron chi connectivity index (χ0n) is 19.4. The van der Waals surface area contributed by atoms with Crippen molar-refractivity contribution < 1.29 is 14.3 Å². The minimum Gasteiger partial charge on any atom is -0.454 e. The molecule has 3 aromatic rings. The Morgan fingerprint density at radius 3 is 2.67 bits per heavy atom. The molecule has 5 rings (SSSR count). The summed E-state index contributed by atoms with van der Waals surface area (Å²) in [6.07, 6.45) is 4.15. The van der Waals surface area contributed by atoms with Crippen LogP contribution in [0.2, 0.25) is 0 Å². The molecule has 0 saturated heterocycles. The van der Waals surface area contributed by atoms with Crippen molar-refractivity contribution in [1.82, 2.24) is 4.57 Å². The molecule has 0 bridgehead atoms. The molecule has 7 heteroatoms. The van der Waals surface area contributed by atoms with E-state index < -0.39 is 5.41 Å². The molecule has 7 nitrogen and oxygen atoms in total. The lowest BCUT2D eigenvalue weighted by Crippen LogP contribution is -2.27. The van der Waals surface area contributed by atoms with Crippen LogP contribution < -0.4 is 20.6 Å². The molecule has 0 spiro atoms. The fourth-order valence-corrected chi connectivity index (χ4v) is 4.69. The van der Waals surface area contributed by atoms with Gasteiger partial charge < -0.3 is 25.2 Å². The van der Waals surface area contributed by atoms with E-state index in [2.05, 4.69) is 54.0 Å². The molecule has 2 aliphatic rings. The van der Waals surface area contributed by atoms with Gasteiger partial charge in [-0.05, 0) is 54.8 Å². The zero-order valence-corrected chi connectivity index (χ0v) is 19.4. The number of hydrazone groups is 1. The molecule has 1 saturated carbocycles. The molecular weight excluding hydrogens is 416 g/mol. The van der Waals surface area contributed by atoms with E-state index in [1.807, 2.05) is 24.3 Å². The van der Waals surface area contributed by atoms with E-state index in [9.17, 15) is 4.79 Å². The molecule has 1 aliphatic heterocycles. The minimum atomic E-state index is -0.500. The van der Waals surface area contributed by atoms with Gasteiger partial charge in [-0.3, -0.25) is 4.79 Å². The van der Waals surface area contributed by atoms with Gasteiger partial charge >= 0.3 is 0 Å². The maximum absolute atomic E-state index is 13.3. The normalized spacial score (nSPS) is 16.5. The van der Waals surface area contributed by atoms with Crippen molar-refractivity contribution in [2.24, 2.45) is 10.9 Å². The van der Waals surface area contributed by atoms with Gasteiger partial charge in [-0.25, -0.2) is 0 Å². The van der Waals surface area contributed by atoms with Crippen molar-refractivity contribution >= 4 is 28.7 Å². The molecule has 172 valence electrons. The highest BCUT2D eigenvalue weighted by molar-refractivity contribution is 6.02. The van der Waals surface area contributed by atoms with Crippen molar-refractivity contribution in [3.05, 3.63) is 53.7 Å². The molecule has 3 N–H and O–H groups in total. The van der Waals surface area contributed by atoms with E-state index >= 15 is 0 Å². The summed E-state index contributed by atoms with van der Waals surface area (Å²) in [5, 5.41) is 7.90. The number of anilines is 1. The lowest BCUT2D eigenvalue weighted by atomic mass is 9.92. The molecule has 1 fully saturated rings. The van der Waals surface area contributed by atoms with Crippen molar-refractivity contribution in [1.29, 1.82) is 0 Å². The van der Waals surface area contributed by atoms with E-state index in [4.69, 9.17) is 15.3 Å². The minimum absolute atomic E-state index is 0.0142. The molecular formula is C26H30N4O3. The summed E-state index contributed by atoms with van der Waals surface area (Å²) in [7, 11) is 0. The summed E-state index contributed by atoms with van der Waals surface area (Å²) in [6, 6.07) is 14.2. The quantitative estimate of drug-likeness (QED) is 0.327. The van der Waals surface area contributed by atoms with Crippen LogP contribution in [0.3, 0.4) is 0 Å². The maximum Gasteiger partial charge on any atom is 0.235 e. The average Bonchev–Trinajstić information content (AvgIpc) is 3.31. The number of aryl methyl sites for hydroxylation is 1. The Bertz CT molecular complexity index is 1250. The lowest BCUT2D eigenvalue weighted by Gasteiger charge is -2.21. The number of aromatic nitrogens is 1. The van der Waals surface area contributed by atoms with Crippen molar-refractivity contribution in [2.75, 3.05) is 12.1 Å². The summed E-state index contributed by atoms with van der Waals surface area (Å²) in [5.74, 6) is 6.76. The van der Waals surface area contributed by atoms with Crippen LogP contribution in [0.25, 0.3) is 10.9 Å². The van der Waals surface area contributed by atoms with Crippen LogP contribution in [0, 0.1) is 0 Å². The summed E-state index contributed by atoms with van der Waals surface area (Å²) in [5.41, 5.74) is 3.65. The SMILES string of the molecule is CC(C)(C)c1cc2cc(NC(=O)C3(c4ccc5c(c4)OCO5)CC3)ccc2n1CC/C=N/N. The third kappa shape index (κ3) is 3.81. The number of nitrogens with one attached hydrogen (secondary N) is 1. The molecule has 1 amide bonds. The van der Waals surface area contributed by atoms with Gasteiger partial charge in [-0.1, -0.05) is 26.8 Å². The Hall–Kier alpha value is -3.48. The number of nitrogens with zero attached hydrogens (tertiary/aromatic N) is 2. The topological polar surface area (TPSA) is 90.9 Å². The number of benzene rings is 2. The Labute approximate surface area is 193 Å². The summed E-state index contributed by atoms with van der Waals surface area (Å²) in [4.78, 5) is 13.3. The number of fused-ring (bicyclic) bond motifs is 2. The van der Waals surface area contributed by atoms with Gasteiger partial charge in [0.15, 0.2) is 11.5 Å². The van der Waals surface area contributed by atoms with Gasteiger partial charge in [-0.2, -0.15) is 5.10 Å². The largest absolute Gasteiger partial charge is 0.454 e. The monoisotopic (exact) mass is 446 g/mol. The van der Waals surface area contributed by atoms with Crippen LogP contribution in [0.1, 0.15) is 51.3 Å². The first kappa shape index (κ1) is 21.4. The summed E-state index contributed by atoms with van der Waals surface area (Å²) >= 11 is 0. The highest BCUT2D eigenvalue weighted by Crippen LogP contribution is 2.51. The smallest absolute Gasteiger partial charge is 0.235 e. The molecule has 0 atom stereocenters. The number of rotatable bonds is 6. The van der Waals surface area contributed by atoms with E-state index in [1.54, 1.807) is 6.21 Å². The number of hydrogen-bond acceptors (Lipinski definition) is 5. The van der Waals surface area contributed by atoms with E-state index in [0.717, 1.165) is 53.7 Å². The van der Waals surface area contributed by atoms with Crippen molar-refractivity contribution in [3.8, 4) is 11.5 Å². The van der Waals surface area contributed by atoms with E-state index in [-0.39, 0.29) is 18.1 Å². The van der Waals surface area contributed by atoms with E-state index in [0.29, 0.717) is 5.75 Å². The van der Waals surface area contributed by atoms with Gasteiger partial charge in [0.05, 0.1) is 5.41 Å². The molecule has 2 heterocycles. The fourth-order valence-electron chi connectivity index (χ4n) is 4.69. The number of ether oxygens (including phenoxy) is 2. The highest BCUT2D eigenvalue weighted by Gasteiger charge is 2.51. The first-order chi connectivity index (χ1) is 15.8. The Morgan fingerprint density at radius 2 is 1.94 bits per heavy atom. The standard InChI is InChI=1S/C26H30N4O3/c1-25(2,3)23-14-17-13-19(6-7-20(17)30(23)12-4-11-28-27)29-24(31)26(9-10-26)18-5-8-21-22(15-18)33-16-32-21/h5-8,11,13-15H,4,9-10,12,16,27H2,1-3H3,(H,29,31)/b28-11+. The molecule has 0 radical (unpaired) electrons. The number of nitrogens with two attached hydrogens (primary N) is 1. The third-order valence-electron chi connectivity index (χ3n) is 6.62. The van der Waals surface area contributed by atoms with Crippen molar-refractivity contribution in [2.45, 2.75) is 57.4 Å². The number of carbonyl (C=O) groups is 1. The molecule has 2 aromatic carbocycles. The second kappa shape index (κ2) is 7.83. The van der Waals surface area contributed by atoms with Crippen molar-refractivity contribution in [3.63, 3.8) is 0 Å². The summed E-state index contributed by atoms with van der Waals surface area (Å²) < 4.78 is 13.2. The second-order valence-electron chi connectivity index (χ2n) is 9.93. The highest BCUT2D eigenvalue weighted by atomic mass is 16.7. The Balaban J connectivity index is 1.42. The fraction of sp³-hybridized carbons (Fsp3) is 0.385. The maximum atomic E-state index is 13.3.